The van der Waals surface area contributed by atoms with Crippen molar-refractivity contribution in [3.63, 3.8) is 0 Å². The quantitative estimate of drug-likeness (QED) is 0.422. The maximum Gasteiger partial charge on any atom is 0.190 e. The van der Waals surface area contributed by atoms with Crippen LogP contribution in [0.25, 0.3) is 16.7 Å². The molecule has 1 aromatic carbocycles. The van der Waals surface area contributed by atoms with Crippen LogP contribution in [0.2, 0.25) is 5.15 Å². The van der Waals surface area contributed by atoms with Gasteiger partial charge in [0.25, 0.3) is 0 Å². The van der Waals surface area contributed by atoms with Gasteiger partial charge in [-0.25, -0.2) is 14.6 Å². The fourth-order valence-corrected chi connectivity index (χ4v) is 2.45. The van der Waals surface area contributed by atoms with E-state index in [4.69, 9.17) is 16.3 Å². The normalized spacial score (nSPS) is 10.9. The lowest BCUT2D eigenvalue weighted by atomic mass is 10.3. The molecule has 0 N–H and O–H groups in total. The number of hydrogen-bond donors (Lipinski definition) is 0. The average molecular weight is 307 g/mol. The SMILES string of the molecule is COc1cccc(-n2cc3c(Cl)nc(SC)nc3n2)c1. The van der Waals surface area contributed by atoms with Crippen LogP contribution in [-0.2, 0) is 0 Å². The van der Waals surface area contributed by atoms with Crippen molar-refractivity contribution in [2.75, 3.05) is 13.4 Å². The Kier molecular flexibility index (Phi) is 3.50. The van der Waals surface area contributed by atoms with E-state index < -0.39 is 0 Å². The van der Waals surface area contributed by atoms with Gasteiger partial charge in [0, 0.05) is 12.3 Å². The van der Waals surface area contributed by atoms with Crippen LogP contribution in [0, 0.1) is 0 Å². The van der Waals surface area contributed by atoms with E-state index in [1.54, 1.807) is 11.8 Å². The molecule has 0 saturated carbocycles. The minimum absolute atomic E-state index is 0.411. The van der Waals surface area contributed by atoms with E-state index >= 15 is 0 Å². The van der Waals surface area contributed by atoms with E-state index in [1.165, 1.54) is 11.8 Å². The van der Waals surface area contributed by atoms with Crippen molar-refractivity contribution in [3.8, 4) is 11.4 Å². The Morgan fingerprint density at radius 3 is 2.90 bits per heavy atom. The molecule has 0 fully saturated rings. The van der Waals surface area contributed by atoms with Gasteiger partial charge in [0.2, 0.25) is 0 Å². The third kappa shape index (κ3) is 2.32. The maximum atomic E-state index is 6.16. The first kappa shape index (κ1) is 13.2. The highest BCUT2D eigenvalue weighted by Gasteiger charge is 2.11. The summed E-state index contributed by atoms with van der Waals surface area (Å²) in [7, 11) is 1.63. The molecular formula is C13H11ClN4OS. The predicted molar refractivity (Wildman–Crippen MR) is 80.0 cm³/mol. The Hall–Kier alpha value is -1.79. The van der Waals surface area contributed by atoms with Crippen LogP contribution in [0.1, 0.15) is 0 Å². The van der Waals surface area contributed by atoms with Crippen LogP contribution in [0.15, 0.2) is 35.6 Å². The van der Waals surface area contributed by atoms with E-state index in [0.29, 0.717) is 16.0 Å². The van der Waals surface area contributed by atoms with Gasteiger partial charge in [-0.05, 0) is 18.4 Å². The second kappa shape index (κ2) is 5.30. The third-order valence-electron chi connectivity index (χ3n) is 2.81. The van der Waals surface area contributed by atoms with Crippen LogP contribution < -0.4 is 4.74 Å². The minimum atomic E-state index is 0.411. The van der Waals surface area contributed by atoms with E-state index in [-0.39, 0.29) is 0 Å². The van der Waals surface area contributed by atoms with Gasteiger partial charge in [0.1, 0.15) is 10.9 Å². The molecule has 102 valence electrons. The molecule has 3 rings (SSSR count). The Morgan fingerprint density at radius 1 is 1.30 bits per heavy atom. The summed E-state index contributed by atoms with van der Waals surface area (Å²) in [5.41, 5.74) is 1.46. The molecule has 0 unspecified atom stereocenters. The molecule has 0 aliphatic heterocycles. The molecule has 0 spiro atoms. The summed E-state index contributed by atoms with van der Waals surface area (Å²) in [6.45, 7) is 0. The lowest BCUT2D eigenvalue weighted by Gasteiger charge is -2.03. The number of nitrogens with zero attached hydrogens (tertiary/aromatic N) is 4. The molecular weight excluding hydrogens is 296 g/mol. The van der Waals surface area contributed by atoms with Crippen LogP contribution in [0.4, 0.5) is 0 Å². The molecule has 0 radical (unpaired) electrons. The summed E-state index contributed by atoms with van der Waals surface area (Å²) < 4.78 is 6.93. The van der Waals surface area contributed by atoms with Gasteiger partial charge in [0.15, 0.2) is 10.8 Å². The van der Waals surface area contributed by atoms with E-state index in [1.807, 2.05) is 36.7 Å². The van der Waals surface area contributed by atoms with Crippen LogP contribution in [0.3, 0.4) is 0 Å². The molecule has 0 amide bonds. The second-order valence-electron chi connectivity index (χ2n) is 4.01. The van der Waals surface area contributed by atoms with Gasteiger partial charge in [0.05, 0.1) is 18.2 Å². The number of hydrogen-bond acceptors (Lipinski definition) is 5. The summed E-state index contributed by atoms with van der Waals surface area (Å²) in [4.78, 5) is 8.55. The molecule has 0 bridgehead atoms. The van der Waals surface area contributed by atoms with Crippen molar-refractivity contribution < 1.29 is 4.74 Å². The standard InChI is InChI=1S/C13H11ClN4OS/c1-19-9-5-3-4-8(6-9)18-7-10-11(14)15-13(20-2)16-12(10)17-18/h3-7H,1-2H3. The zero-order valence-electron chi connectivity index (χ0n) is 10.9. The van der Waals surface area contributed by atoms with Gasteiger partial charge in [-0.15, -0.1) is 5.10 Å². The Balaban J connectivity index is 2.14. The molecule has 3 aromatic rings. The fourth-order valence-electron chi connectivity index (χ4n) is 1.83. The topological polar surface area (TPSA) is 52.8 Å². The number of benzene rings is 1. The predicted octanol–water partition coefficient (Wildman–Crippen LogP) is 3.20. The monoisotopic (exact) mass is 306 g/mol. The minimum Gasteiger partial charge on any atom is -0.497 e. The van der Waals surface area contributed by atoms with Crippen molar-refractivity contribution in [2.24, 2.45) is 0 Å². The molecule has 0 atom stereocenters. The van der Waals surface area contributed by atoms with Crippen molar-refractivity contribution in [1.82, 2.24) is 19.7 Å². The van der Waals surface area contributed by atoms with Crippen molar-refractivity contribution >= 4 is 34.4 Å². The number of ether oxygens (including phenoxy) is 1. The van der Waals surface area contributed by atoms with Gasteiger partial charge in [-0.1, -0.05) is 29.4 Å². The van der Waals surface area contributed by atoms with Crippen LogP contribution >= 0.6 is 23.4 Å². The third-order valence-corrected chi connectivity index (χ3v) is 3.65. The average Bonchev–Trinajstić information content (AvgIpc) is 2.92. The van der Waals surface area contributed by atoms with Gasteiger partial charge < -0.3 is 4.74 Å². The second-order valence-corrected chi connectivity index (χ2v) is 5.14. The van der Waals surface area contributed by atoms with Crippen molar-refractivity contribution in [3.05, 3.63) is 35.6 Å². The number of rotatable bonds is 3. The number of fused-ring (bicyclic) bond motifs is 1. The van der Waals surface area contributed by atoms with E-state index in [9.17, 15) is 0 Å². The van der Waals surface area contributed by atoms with E-state index in [0.717, 1.165) is 16.8 Å². The molecule has 0 saturated heterocycles. The summed E-state index contributed by atoms with van der Waals surface area (Å²) in [5.74, 6) is 0.768. The first-order chi connectivity index (χ1) is 9.71. The number of aromatic nitrogens is 4. The van der Waals surface area contributed by atoms with Gasteiger partial charge in [-0.3, -0.25) is 0 Å². The lowest BCUT2D eigenvalue weighted by Crippen LogP contribution is -1.95. The van der Waals surface area contributed by atoms with Crippen molar-refractivity contribution in [1.29, 1.82) is 0 Å². The number of methoxy groups -OCH3 is 1. The van der Waals surface area contributed by atoms with Crippen molar-refractivity contribution in [2.45, 2.75) is 5.16 Å². The highest BCUT2D eigenvalue weighted by atomic mass is 35.5. The molecule has 20 heavy (non-hydrogen) atoms. The van der Waals surface area contributed by atoms with E-state index in [2.05, 4.69) is 15.1 Å². The number of halogens is 1. The first-order valence-corrected chi connectivity index (χ1v) is 7.43. The fraction of sp³-hybridized carbons (Fsp3) is 0.154. The molecule has 0 aliphatic carbocycles. The summed E-state index contributed by atoms with van der Waals surface area (Å²) in [6.07, 6.45) is 3.72. The molecule has 2 aromatic heterocycles. The highest BCUT2D eigenvalue weighted by Crippen LogP contribution is 2.24. The summed E-state index contributed by atoms with van der Waals surface area (Å²) >= 11 is 7.59. The lowest BCUT2D eigenvalue weighted by molar-refractivity contribution is 0.414. The largest absolute Gasteiger partial charge is 0.497 e. The molecule has 7 heteroatoms. The smallest absolute Gasteiger partial charge is 0.190 e. The molecule has 2 heterocycles. The first-order valence-electron chi connectivity index (χ1n) is 5.82. The summed E-state index contributed by atoms with van der Waals surface area (Å²) in [5, 5.41) is 6.19. The zero-order chi connectivity index (χ0) is 14.1. The van der Waals surface area contributed by atoms with Gasteiger partial charge >= 0.3 is 0 Å². The molecule has 0 aliphatic rings. The number of thioether (sulfide) groups is 1. The summed E-state index contributed by atoms with van der Waals surface area (Å²) in [6, 6.07) is 7.61. The maximum absolute atomic E-state index is 6.16. The highest BCUT2D eigenvalue weighted by molar-refractivity contribution is 7.98. The van der Waals surface area contributed by atoms with Crippen LogP contribution in [0.5, 0.6) is 5.75 Å². The Morgan fingerprint density at radius 2 is 2.15 bits per heavy atom. The zero-order valence-corrected chi connectivity index (χ0v) is 12.4. The Labute approximate surface area is 124 Å². The molecule has 5 nitrogen and oxygen atoms in total. The van der Waals surface area contributed by atoms with Gasteiger partial charge in [-0.2, -0.15) is 0 Å². The Bertz CT molecular complexity index is 774. The van der Waals surface area contributed by atoms with Crippen LogP contribution in [-0.4, -0.2) is 33.1 Å².